The second-order valence-corrected chi connectivity index (χ2v) is 4.94. The van der Waals surface area contributed by atoms with Gasteiger partial charge in [-0.3, -0.25) is 0 Å². The van der Waals surface area contributed by atoms with Crippen LogP contribution >= 0.6 is 11.8 Å². The SMILES string of the molecule is CCNCc1cnc(CSc2ccccc2)nc1. The molecule has 1 heterocycles. The average Bonchev–Trinajstić information content (AvgIpc) is 2.45. The second kappa shape index (κ2) is 7.13. The molecule has 0 saturated heterocycles. The lowest BCUT2D eigenvalue weighted by Crippen LogP contribution is -2.12. The van der Waals surface area contributed by atoms with Gasteiger partial charge in [0.05, 0.1) is 5.75 Å². The maximum atomic E-state index is 4.37. The van der Waals surface area contributed by atoms with E-state index < -0.39 is 0 Å². The van der Waals surface area contributed by atoms with Crippen LogP contribution in [0, 0.1) is 0 Å². The largest absolute Gasteiger partial charge is 0.313 e. The highest BCUT2D eigenvalue weighted by atomic mass is 32.2. The van der Waals surface area contributed by atoms with Crippen LogP contribution in [0.3, 0.4) is 0 Å². The fourth-order valence-corrected chi connectivity index (χ4v) is 2.28. The molecule has 18 heavy (non-hydrogen) atoms. The molecule has 4 heteroatoms. The highest BCUT2D eigenvalue weighted by Gasteiger charge is 1.99. The molecular formula is C14H17N3S. The Kier molecular flexibility index (Phi) is 5.17. The summed E-state index contributed by atoms with van der Waals surface area (Å²) < 4.78 is 0. The molecule has 0 bridgehead atoms. The Morgan fingerprint density at radius 2 is 1.83 bits per heavy atom. The third-order valence-corrected chi connectivity index (χ3v) is 3.46. The summed E-state index contributed by atoms with van der Waals surface area (Å²) >= 11 is 1.76. The Morgan fingerprint density at radius 3 is 2.50 bits per heavy atom. The molecule has 0 fully saturated rings. The minimum Gasteiger partial charge on any atom is -0.313 e. The molecule has 0 saturated carbocycles. The zero-order valence-corrected chi connectivity index (χ0v) is 11.3. The van der Waals surface area contributed by atoms with Crippen LogP contribution in [0.5, 0.6) is 0 Å². The van der Waals surface area contributed by atoms with Crippen LogP contribution in [0.2, 0.25) is 0 Å². The molecule has 0 amide bonds. The quantitative estimate of drug-likeness (QED) is 0.810. The van der Waals surface area contributed by atoms with Crippen molar-refractivity contribution in [2.75, 3.05) is 6.54 Å². The van der Waals surface area contributed by atoms with Crippen molar-refractivity contribution in [3.05, 3.63) is 54.1 Å². The molecule has 94 valence electrons. The van der Waals surface area contributed by atoms with Crippen molar-refractivity contribution in [3.63, 3.8) is 0 Å². The number of rotatable bonds is 6. The lowest BCUT2D eigenvalue weighted by molar-refractivity contribution is 0.719. The van der Waals surface area contributed by atoms with Crippen LogP contribution in [0.25, 0.3) is 0 Å². The van der Waals surface area contributed by atoms with Crippen LogP contribution in [-0.2, 0) is 12.3 Å². The summed E-state index contributed by atoms with van der Waals surface area (Å²) in [6.45, 7) is 3.89. The Bertz CT molecular complexity index is 456. The molecule has 0 atom stereocenters. The van der Waals surface area contributed by atoms with Gasteiger partial charge in [0.15, 0.2) is 0 Å². The fraction of sp³-hybridized carbons (Fsp3) is 0.286. The third-order valence-electron chi connectivity index (χ3n) is 2.45. The molecule has 3 nitrogen and oxygen atoms in total. The van der Waals surface area contributed by atoms with E-state index in [-0.39, 0.29) is 0 Å². The Morgan fingerprint density at radius 1 is 1.11 bits per heavy atom. The van der Waals surface area contributed by atoms with Crippen LogP contribution < -0.4 is 5.32 Å². The highest BCUT2D eigenvalue weighted by molar-refractivity contribution is 7.98. The molecule has 1 aromatic carbocycles. The fourth-order valence-electron chi connectivity index (χ4n) is 1.48. The van der Waals surface area contributed by atoms with Gasteiger partial charge in [0.2, 0.25) is 0 Å². The summed E-state index contributed by atoms with van der Waals surface area (Å²) in [4.78, 5) is 10.00. The number of hydrogen-bond donors (Lipinski definition) is 1. The van der Waals surface area contributed by atoms with E-state index in [1.54, 1.807) is 11.8 Å². The zero-order chi connectivity index (χ0) is 12.6. The summed E-state index contributed by atoms with van der Waals surface area (Å²) in [7, 11) is 0. The van der Waals surface area contributed by atoms with Gasteiger partial charge in [0, 0.05) is 29.4 Å². The molecule has 1 N–H and O–H groups in total. The molecule has 0 unspecified atom stereocenters. The van der Waals surface area contributed by atoms with E-state index in [2.05, 4.69) is 34.3 Å². The van der Waals surface area contributed by atoms with Crippen molar-refractivity contribution in [3.8, 4) is 0 Å². The van der Waals surface area contributed by atoms with Gasteiger partial charge in [-0.05, 0) is 18.7 Å². The van der Waals surface area contributed by atoms with Crippen molar-refractivity contribution in [2.45, 2.75) is 24.1 Å². The monoisotopic (exact) mass is 259 g/mol. The first kappa shape index (κ1) is 13.1. The Hall–Kier alpha value is -1.39. The van der Waals surface area contributed by atoms with E-state index in [0.29, 0.717) is 0 Å². The van der Waals surface area contributed by atoms with Crippen LogP contribution in [0.15, 0.2) is 47.6 Å². The maximum Gasteiger partial charge on any atom is 0.138 e. The van der Waals surface area contributed by atoms with Gasteiger partial charge in [0.1, 0.15) is 5.82 Å². The first-order valence-electron chi connectivity index (χ1n) is 6.07. The van der Waals surface area contributed by atoms with E-state index >= 15 is 0 Å². The van der Waals surface area contributed by atoms with E-state index in [1.165, 1.54) is 4.90 Å². The van der Waals surface area contributed by atoms with E-state index in [1.807, 2.05) is 30.6 Å². The van der Waals surface area contributed by atoms with Crippen molar-refractivity contribution >= 4 is 11.8 Å². The summed E-state index contributed by atoms with van der Waals surface area (Å²) in [6.07, 6.45) is 3.80. The first-order chi connectivity index (χ1) is 8.88. The van der Waals surface area contributed by atoms with Gasteiger partial charge in [-0.1, -0.05) is 25.1 Å². The third kappa shape index (κ3) is 4.13. The summed E-state index contributed by atoms with van der Waals surface area (Å²) in [5.41, 5.74) is 1.13. The molecule has 0 aliphatic heterocycles. The van der Waals surface area contributed by atoms with Gasteiger partial charge < -0.3 is 5.32 Å². The van der Waals surface area contributed by atoms with Crippen molar-refractivity contribution in [1.82, 2.24) is 15.3 Å². The highest BCUT2D eigenvalue weighted by Crippen LogP contribution is 2.20. The molecule has 2 aromatic rings. The topological polar surface area (TPSA) is 37.8 Å². The molecule has 0 aliphatic rings. The number of thioether (sulfide) groups is 1. The Balaban J connectivity index is 1.86. The smallest absolute Gasteiger partial charge is 0.138 e. The number of hydrogen-bond acceptors (Lipinski definition) is 4. The minimum atomic E-state index is 0.811. The van der Waals surface area contributed by atoms with E-state index in [4.69, 9.17) is 0 Å². The van der Waals surface area contributed by atoms with Crippen LogP contribution in [-0.4, -0.2) is 16.5 Å². The average molecular weight is 259 g/mol. The lowest BCUT2D eigenvalue weighted by Gasteiger charge is -2.03. The summed E-state index contributed by atoms with van der Waals surface area (Å²) in [6, 6.07) is 10.3. The molecule has 0 radical (unpaired) electrons. The normalized spacial score (nSPS) is 10.5. The zero-order valence-electron chi connectivity index (χ0n) is 10.5. The lowest BCUT2D eigenvalue weighted by atomic mass is 10.3. The number of nitrogens with one attached hydrogen (secondary N) is 1. The predicted octanol–water partition coefficient (Wildman–Crippen LogP) is 2.88. The molecule has 2 rings (SSSR count). The number of benzene rings is 1. The van der Waals surface area contributed by atoms with E-state index in [0.717, 1.165) is 30.2 Å². The van der Waals surface area contributed by atoms with Crippen LogP contribution in [0.1, 0.15) is 18.3 Å². The molecule has 0 aliphatic carbocycles. The van der Waals surface area contributed by atoms with Crippen LogP contribution in [0.4, 0.5) is 0 Å². The molecule has 0 spiro atoms. The summed E-state index contributed by atoms with van der Waals surface area (Å²) in [5.74, 6) is 1.69. The predicted molar refractivity (Wildman–Crippen MR) is 75.4 cm³/mol. The first-order valence-corrected chi connectivity index (χ1v) is 7.05. The van der Waals surface area contributed by atoms with Gasteiger partial charge in [-0.15, -0.1) is 11.8 Å². The number of nitrogens with zero attached hydrogens (tertiary/aromatic N) is 2. The van der Waals surface area contributed by atoms with Gasteiger partial charge >= 0.3 is 0 Å². The second-order valence-electron chi connectivity index (χ2n) is 3.89. The van der Waals surface area contributed by atoms with Gasteiger partial charge in [0.25, 0.3) is 0 Å². The maximum absolute atomic E-state index is 4.37. The number of aromatic nitrogens is 2. The van der Waals surface area contributed by atoms with E-state index in [9.17, 15) is 0 Å². The van der Waals surface area contributed by atoms with Crippen molar-refractivity contribution in [2.24, 2.45) is 0 Å². The van der Waals surface area contributed by atoms with Gasteiger partial charge in [-0.2, -0.15) is 0 Å². The van der Waals surface area contributed by atoms with Crippen molar-refractivity contribution in [1.29, 1.82) is 0 Å². The Labute approximate surface area is 112 Å². The standard InChI is InChI=1S/C14H17N3S/c1-2-15-8-12-9-16-14(17-10-12)11-18-13-6-4-3-5-7-13/h3-7,9-10,15H,2,8,11H2,1H3. The molecule has 1 aromatic heterocycles. The van der Waals surface area contributed by atoms with Gasteiger partial charge in [-0.25, -0.2) is 9.97 Å². The summed E-state index contributed by atoms with van der Waals surface area (Å²) in [5, 5.41) is 3.26. The molecular weight excluding hydrogens is 242 g/mol. The minimum absolute atomic E-state index is 0.811. The van der Waals surface area contributed by atoms with Crippen molar-refractivity contribution < 1.29 is 0 Å².